The molecule has 0 unspecified atom stereocenters. The average molecular weight is 405 g/mol. The molecule has 0 aliphatic carbocycles. The van der Waals surface area contributed by atoms with Gasteiger partial charge in [0.05, 0.1) is 19.8 Å². The van der Waals surface area contributed by atoms with Gasteiger partial charge in [0.1, 0.15) is 6.61 Å². The molecule has 0 amide bonds. The van der Waals surface area contributed by atoms with Gasteiger partial charge in [-0.2, -0.15) is 0 Å². The number of morpholine rings is 1. The van der Waals surface area contributed by atoms with E-state index >= 15 is 0 Å². The number of rotatable bonds is 10. The Hall–Kier alpha value is -1.79. The summed E-state index contributed by atoms with van der Waals surface area (Å²) in [5, 5.41) is 4.16. The zero-order chi connectivity index (χ0) is 19.6. The standard InChI is InChI=1S/C22H29ClN2O3/c1-2-27-21-14-19(16-24-8-9-25-10-12-26-13-11-25)20(23)15-22(21)28-17-18-6-4-3-5-7-18/h3-7,14-15,24H,2,8-13,16-17H2,1H3. The Balaban J connectivity index is 1.56. The van der Waals surface area contributed by atoms with Crippen LogP contribution in [0, 0.1) is 0 Å². The summed E-state index contributed by atoms with van der Waals surface area (Å²) in [4.78, 5) is 2.41. The van der Waals surface area contributed by atoms with Crippen molar-refractivity contribution < 1.29 is 14.2 Å². The number of halogens is 1. The topological polar surface area (TPSA) is 43.0 Å². The number of ether oxygens (including phenoxy) is 3. The van der Waals surface area contributed by atoms with Crippen LogP contribution in [0.1, 0.15) is 18.1 Å². The maximum atomic E-state index is 6.51. The minimum atomic E-state index is 0.481. The maximum absolute atomic E-state index is 6.51. The molecule has 2 aromatic rings. The molecule has 1 aliphatic heterocycles. The minimum Gasteiger partial charge on any atom is -0.490 e. The van der Waals surface area contributed by atoms with Crippen molar-refractivity contribution in [2.75, 3.05) is 46.0 Å². The highest BCUT2D eigenvalue weighted by Crippen LogP contribution is 2.34. The minimum absolute atomic E-state index is 0.481. The van der Waals surface area contributed by atoms with Gasteiger partial charge in [-0.3, -0.25) is 4.90 Å². The lowest BCUT2D eigenvalue weighted by Crippen LogP contribution is -2.40. The molecule has 1 N–H and O–H groups in total. The Bertz CT molecular complexity index is 721. The summed E-state index contributed by atoms with van der Waals surface area (Å²) in [7, 11) is 0. The zero-order valence-electron chi connectivity index (χ0n) is 16.5. The van der Waals surface area contributed by atoms with Crippen LogP contribution in [0.25, 0.3) is 0 Å². The monoisotopic (exact) mass is 404 g/mol. The second-order valence-electron chi connectivity index (χ2n) is 6.73. The first kappa shape index (κ1) is 20.9. The van der Waals surface area contributed by atoms with E-state index in [0.29, 0.717) is 30.5 Å². The molecule has 28 heavy (non-hydrogen) atoms. The summed E-state index contributed by atoms with van der Waals surface area (Å²) in [6, 6.07) is 13.9. The molecular weight excluding hydrogens is 376 g/mol. The molecule has 152 valence electrons. The molecule has 2 aromatic carbocycles. The van der Waals surface area contributed by atoms with Crippen LogP contribution in [0.5, 0.6) is 11.5 Å². The summed E-state index contributed by atoms with van der Waals surface area (Å²) in [5.41, 5.74) is 2.12. The number of nitrogens with zero attached hydrogens (tertiary/aromatic N) is 1. The molecule has 0 spiro atoms. The van der Waals surface area contributed by atoms with E-state index < -0.39 is 0 Å². The molecule has 1 saturated heterocycles. The van der Waals surface area contributed by atoms with Gasteiger partial charge in [0.2, 0.25) is 0 Å². The van der Waals surface area contributed by atoms with Crippen LogP contribution >= 0.6 is 11.6 Å². The molecule has 0 saturated carbocycles. The van der Waals surface area contributed by atoms with Crippen LogP contribution in [0.4, 0.5) is 0 Å². The van der Waals surface area contributed by atoms with Crippen molar-refractivity contribution >= 4 is 11.6 Å². The predicted octanol–water partition coefficient (Wildman–Crippen LogP) is 3.74. The fourth-order valence-electron chi connectivity index (χ4n) is 3.11. The Morgan fingerprint density at radius 1 is 1.07 bits per heavy atom. The fourth-order valence-corrected chi connectivity index (χ4v) is 3.33. The molecular formula is C22H29ClN2O3. The van der Waals surface area contributed by atoms with Crippen LogP contribution in [-0.2, 0) is 17.9 Å². The van der Waals surface area contributed by atoms with Gasteiger partial charge in [-0.1, -0.05) is 41.9 Å². The van der Waals surface area contributed by atoms with Gasteiger partial charge in [-0.15, -0.1) is 0 Å². The quantitative estimate of drug-likeness (QED) is 0.611. The smallest absolute Gasteiger partial charge is 0.163 e. The second-order valence-corrected chi connectivity index (χ2v) is 7.14. The van der Waals surface area contributed by atoms with E-state index in [2.05, 4.69) is 10.2 Å². The van der Waals surface area contributed by atoms with Crippen molar-refractivity contribution in [3.05, 3.63) is 58.6 Å². The molecule has 5 nitrogen and oxygen atoms in total. The van der Waals surface area contributed by atoms with E-state index in [-0.39, 0.29) is 0 Å². The summed E-state index contributed by atoms with van der Waals surface area (Å²) >= 11 is 6.51. The van der Waals surface area contributed by atoms with E-state index in [1.54, 1.807) is 0 Å². The highest BCUT2D eigenvalue weighted by Gasteiger charge is 2.13. The van der Waals surface area contributed by atoms with E-state index in [9.17, 15) is 0 Å². The number of hydrogen-bond donors (Lipinski definition) is 1. The van der Waals surface area contributed by atoms with Gasteiger partial charge < -0.3 is 19.5 Å². The number of benzene rings is 2. The normalized spacial score (nSPS) is 14.8. The van der Waals surface area contributed by atoms with Crippen molar-refractivity contribution in [1.29, 1.82) is 0 Å². The third kappa shape index (κ3) is 6.38. The van der Waals surface area contributed by atoms with Crippen LogP contribution in [-0.4, -0.2) is 50.9 Å². The van der Waals surface area contributed by atoms with Gasteiger partial charge in [0.25, 0.3) is 0 Å². The summed E-state index contributed by atoms with van der Waals surface area (Å²) < 4.78 is 17.1. The average Bonchev–Trinajstić information content (AvgIpc) is 2.73. The van der Waals surface area contributed by atoms with Crippen LogP contribution in [0.15, 0.2) is 42.5 Å². The highest BCUT2D eigenvalue weighted by molar-refractivity contribution is 6.31. The van der Waals surface area contributed by atoms with Gasteiger partial charge in [-0.05, 0) is 24.1 Å². The predicted molar refractivity (Wildman–Crippen MR) is 112 cm³/mol. The van der Waals surface area contributed by atoms with Gasteiger partial charge in [0.15, 0.2) is 11.5 Å². The van der Waals surface area contributed by atoms with E-state index in [1.165, 1.54) is 0 Å². The molecule has 0 aromatic heterocycles. The van der Waals surface area contributed by atoms with Crippen LogP contribution < -0.4 is 14.8 Å². The van der Waals surface area contributed by atoms with Crippen LogP contribution in [0.2, 0.25) is 5.02 Å². The molecule has 0 radical (unpaired) electrons. The first-order valence-electron chi connectivity index (χ1n) is 9.89. The lowest BCUT2D eigenvalue weighted by molar-refractivity contribution is 0.0384. The van der Waals surface area contributed by atoms with E-state index in [4.69, 9.17) is 25.8 Å². The largest absolute Gasteiger partial charge is 0.490 e. The summed E-state index contributed by atoms with van der Waals surface area (Å²) in [5.74, 6) is 1.40. The molecule has 1 heterocycles. The molecule has 0 atom stereocenters. The maximum Gasteiger partial charge on any atom is 0.163 e. The lowest BCUT2D eigenvalue weighted by Gasteiger charge is -2.26. The van der Waals surface area contributed by atoms with Crippen molar-refractivity contribution in [3.8, 4) is 11.5 Å². The Kier molecular flexibility index (Phi) is 8.42. The first-order valence-corrected chi connectivity index (χ1v) is 10.3. The van der Waals surface area contributed by atoms with Gasteiger partial charge in [0, 0.05) is 43.8 Å². The number of hydrogen-bond acceptors (Lipinski definition) is 5. The summed E-state index contributed by atoms with van der Waals surface area (Å²) in [6.45, 7) is 9.31. The van der Waals surface area contributed by atoms with Crippen molar-refractivity contribution in [2.45, 2.75) is 20.1 Å². The van der Waals surface area contributed by atoms with Crippen molar-refractivity contribution in [3.63, 3.8) is 0 Å². The molecule has 1 fully saturated rings. The van der Waals surface area contributed by atoms with Gasteiger partial charge in [-0.25, -0.2) is 0 Å². The molecule has 3 rings (SSSR count). The van der Waals surface area contributed by atoms with Gasteiger partial charge >= 0.3 is 0 Å². The SMILES string of the molecule is CCOc1cc(CNCCN2CCOCC2)c(Cl)cc1OCc1ccccc1. The van der Waals surface area contributed by atoms with E-state index in [0.717, 1.165) is 56.3 Å². The Morgan fingerprint density at radius 3 is 2.57 bits per heavy atom. The first-order chi connectivity index (χ1) is 13.8. The second kappa shape index (κ2) is 11.3. The van der Waals surface area contributed by atoms with Crippen LogP contribution in [0.3, 0.4) is 0 Å². The molecule has 6 heteroatoms. The molecule has 1 aliphatic rings. The summed E-state index contributed by atoms with van der Waals surface area (Å²) in [6.07, 6.45) is 0. The number of nitrogens with one attached hydrogen (secondary N) is 1. The van der Waals surface area contributed by atoms with Crippen molar-refractivity contribution in [2.24, 2.45) is 0 Å². The lowest BCUT2D eigenvalue weighted by atomic mass is 10.2. The Labute approximate surface area is 172 Å². The van der Waals surface area contributed by atoms with E-state index in [1.807, 2.05) is 49.4 Å². The highest BCUT2D eigenvalue weighted by atomic mass is 35.5. The third-order valence-corrected chi connectivity index (χ3v) is 5.03. The van der Waals surface area contributed by atoms with Crippen molar-refractivity contribution in [1.82, 2.24) is 10.2 Å². The Morgan fingerprint density at radius 2 is 1.82 bits per heavy atom. The third-order valence-electron chi connectivity index (χ3n) is 4.67. The molecule has 0 bridgehead atoms. The fraction of sp³-hybridized carbons (Fsp3) is 0.455. The zero-order valence-corrected chi connectivity index (χ0v) is 17.2.